The second-order valence-electron chi connectivity index (χ2n) is 35.5. The zero-order valence-electron chi connectivity index (χ0n) is 73.8. The van der Waals surface area contributed by atoms with Crippen LogP contribution in [0.5, 0.6) is 0 Å². The van der Waals surface area contributed by atoms with Gasteiger partial charge in [-0.2, -0.15) is 0 Å². The fourth-order valence-corrected chi connectivity index (χ4v) is 21.3. The van der Waals surface area contributed by atoms with Gasteiger partial charge in [-0.25, -0.2) is 0 Å². The second kappa shape index (κ2) is 31.8. The van der Waals surface area contributed by atoms with E-state index in [1.165, 1.54) is 131 Å². The topological polar surface area (TPSA) is 52.5 Å². The molecule has 0 aliphatic heterocycles. The highest BCUT2D eigenvalue weighted by Crippen LogP contribution is 2.47. The first-order valence-electron chi connectivity index (χ1n) is 46.5. The Balaban J connectivity index is 0.000000138. The Morgan fingerprint density at radius 2 is 0.368 bits per heavy atom. The van der Waals surface area contributed by atoms with Crippen LogP contribution in [0, 0.1) is 0 Å². The third kappa shape index (κ3) is 13.1. The molecule has 0 aliphatic rings. The van der Waals surface area contributed by atoms with Gasteiger partial charge in [-0.15, -0.1) is 0 Å². The molecule has 0 unspecified atom stereocenters. The number of hydrogen-bond acceptors (Lipinski definition) is 4. The fourth-order valence-electron chi connectivity index (χ4n) is 21.3. The van der Waals surface area contributed by atoms with E-state index in [9.17, 15) is 0 Å². The third-order valence-corrected chi connectivity index (χ3v) is 27.8. The van der Waals surface area contributed by atoms with Gasteiger partial charge in [0.25, 0.3) is 0 Å². The van der Waals surface area contributed by atoms with E-state index in [0.717, 1.165) is 123 Å². The van der Waals surface area contributed by atoms with Crippen molar-refractivity contribution in [1.29, 1.82) is 0 Å². The van der Waals surface area contributed by atoms with E-state index < -0.39 is 0 Å². The number of furan rings is 2. The number of para-hydroxylation sites is 10. The summed E-state index contributed by atoms with van der Waals surface area (Å²) in [6.45, 7) is 0. The average Bonchev–Trinajstić information content (AvgIpc) is 1.58. The van der Waals surface area contributed by atoms with E-state index in [1.54, 1.807) is 0 Å². The lowest BCUT2D eigenvalue weighted by Gasteiger charge is -2.26. The molecule has 0 N–H and O–H groups in total. The smallest absolute Gasteiger partial charge is 0.135 e. The average molecular weight is 1740 g/mol. The van der Waals surface area contributed by atoms with E-state index >= 15 is 0 Å². The van der Waals surface area contributed by atoms with Crippen LogP contribution in [-0.4, -0.2) is 18.3 Å². The standard InChI is InChI=1S/2C64H41N3O/c1-2-12-48(13-3-1)66-61-20-10-6-16-55(61)57-40-46(28-36-62(57)66)42-22-30-49(31-23-42)65(50-32-24-43(25-33-50)47-29-37-64-58(41-47)56-17-7-11-21-63(56)68-64)51-34-26-45-39-52(35-27-44(45)38-51)67-59-18-8-4-14-53(59)54-15-5-9-19-60(54)67;1-2-12-48(13-3-1)66-61-20-10-6-16-55(61)57-40-47(27-36-62(57)66)43-22-23-45-39-52(31-26-44(45)38-43)65(49-29-24-42(25-30-49)46-28-37-64-58(41-46)56-17-7-11-21-63(56)68-64)50-32-34-51(35-33-50)67-59-18-8-4-14-53(59)54-15-5-9-19-60(54)67/h2*1-41H. The molecule has 22 aromatic carbocycles. The Bertz CT molecular complexity index is 9510. The van der Waals surface area contributed by atoms with E-state index in [2.05, 4.69) is 501 Å². The van der Waals surface area contributed by atoms with Crippen LogP contribution in [0.2, 0.25) is 0 Å². The maximum Gasteiger partial charge on any atom is 0.135 e. The van der Waals surface area contributed by atoms with Gasteiger partial charge < -0.3 is 36.9 Å². The lowest BCUT2D eigenvalue weighted by Crippen LogP contribution is -2.10. The van der Waals surface area contributed by atoms with Crippen LogP contribution in [-0.2, 0) is 0 Å². The normalized spacial score (nSPS) is 11.8. The van der Waals surface area contributed by atoms with Crippen LogP contribution < -0.4 is 9.80 Å². The minimum atomic E-state index is 0.901. The molecule has 0 fully saturated rings. The lowest BCUT2D eigenvalue weighted by molar-refractivity contribution is 0.668. The first kappa shape index (κ1) is 77.7. The summed E-state index contributed by atoms with van der Waals surface area (Å²) in [6, 6.07) is 180. The molecular formula is C128H82N6O2. The van der Waals surface area contributed by atoms with Crippen LogP contribution in [0.1, 0.15) is 0 Å². The van der Waals surface area contributed by atoms with Crippen molar-refractivity contribution in [2.75, 3.05) is 9.80 Å². The molecule has 8 heteroatoms. The SMILES string of the molecule is c1ccc(-n2c3ccccc3c3cc(-c4ccc(N(c5ccc(-c6ccc7oc8ccccc8c7c6)cc5)c5ccc6cc(-n7c8ccccc8c8ccccc87)ccc6c5)cc4)ccc32)cc1.c1ccc(-n2c3ccccc3c3cc(-c4ccc5cc(N(c6ccc(-c7ccc8oc9ccccc9c8c7)cc6)c6ccc(-n7c8ccccc8c8ccccc87)cc6)ccc5c4)ccc32)cc1. The summed E-state index contributed by atoms with van der Waals surface area (Å²) >= 11 is 0. The van der Waals surface area contributed by atoms with Crippen LogP contribution in [0.25, 0.3) is 220 Å². The number of aromatic nitrogens is 4. The van der Waals surface area contributed by atoms with Gasteiger partial charge in [-0.3, -0.25) is 0 Å². The van der Waals surface area contributed by atoms with Crippen molar-refractivity contribution < 1.29 is 8.83 Å². The zero-order valence-corrected chi connectivity index (χ0v) is 73.8. The summed E-state index contributed by atoms with van der Waals surface area (Å²) in [6.07, 6.45) is 0. The van der Waals surface area contributed by atoms with E-state index in [4.69, 9.17) is 8.83 Å². The summed E-state index contributed by atoms with van der Waals surface area (Å²) in [5, 5.41) is 19.3. The Hall–Kier alpha value is -18.2. The Morgan fingerprint density at radius 1 is 0.132 bits per heavy atom. The predicted octanol–water partition coefficient (Wildman–Crippen LogP) is 35.5. The minimum absolute atomic E-state index is 0.901. The van der Waals surface area contributed by atoms with Gasteiger partial charge in [0, 0.05) is 122 Å². The maximum atomic E-state index is 6.16. The summed E-state index contributed by atoms with van der Waals surface area (Å²) in [5.74, 6) is 0. The molecule has 0 bridgehead atoms. The quantitative estimate of drug-likeness (QED) is 0.109. The Labute approximate surface area is 783 Å². The second-order valence-corrected chi connectivity index (χ2v) is 35.5. The first-order valence-corrected chi connectivity index (χ1v) is 46.5. The van der Waals surface area contributed by atoms with Gasteiger partial charge in [0.1, 0.15) is 22.3 Å². The van der Waals surface area contributed by atoms with Crippen LogP contribution >= 0.6 is 0 Å². The molecule has 0 spiro atoms. The fraction of sp³-hybridized carbons (Fsp3) is 0. The molecule has 8 nitrogen and oxygen atoms in total. The third-order valence-electron chi connectivity index (χ3n) is 27.8. The zero-order chi connectivity index (χ0) is 89.4. The highest BCUT2D eigenvalue weighted by atomic mass is 16.3. The van der Waals surface area contributed by atoms with Gasteiger partial charge in [-0.05, 0) is 291 Å². The summed E-state index contributed by atoms with van der Waals surface area (Å²) < 4.78 is 21.8. The van der Waals surface area contributed by atoms with E-state index in [-0.39, 0.29) is 0 Å². The monoisotopic (exact) mass is 1730 g/mol. The molecule has 636 valence electrons. The van der Waals surface area contributed by atoms with Crippen molar-refractivity contribution in [3.8, 4) is 67.3 Å². The van der Waals surface area contributed by atoms with Crippen molar-refractivity contribution in [3.05, 3.63) is 497 Å². The molecule has 0 atom stereocenters. The maximum absolute atomic E-state index is 6.16. The van der Waals surface area contributed by atoms with Crippen molar-refractivity contribution >= 4 is 187 Å². The lowest BCUT2D eigenvalue weighted by atomic mass is 9.99. The number of nitrogens with zero attached hydrogens (tertiary/aromatic N) is 6. The molecule has 0 amide bonds. The van der Waals surface area contributed by atoms with Gasteiger partial charge in [0.15, 0.2) is 0 Å². The van der Waals surface area contributed by atoms with Crippen molar-refractivity contribution in [1.82, 2.24) is 18.3 Å². The van der Waals surface area contributed by atoms with E-state index in [0.29, 0.717) is 0 Å². The summed E-state index contributed by atoms with van der Waals surface area (Å²) in [5.41, 5.74) is 33.7. The van der Waals surface area contributed by atoms with Crippen molar-refractivity contribution in [2.24, 2.45) is 0 Å². The Morgan fingerprint density at radius 3 is 0.765 bits per heavy atom. The summed E-state index contributed by atoms with van der Waals surface area (Å²) in [7, 11) is 0. The molecule has 28 rings (SSSR count). The molecule has 0 aliphatic carbocycles. The molecule has 28 aromatic rings. The summed E-state index contributed by atoms with van der Waals surface area (Å²) in [4.78, 5) is 4.74. The number of fused-ring (bicyclic) bond motifs is 20. The number of anilines is 6. The van der Waals surface area contributed by atoms with E-state index in [1.807, 2.05) is 24.3 Å². The first-order chi connectivity index (χ1) is 67.4. The molecule has 0 saturated carbocycles. The van der Waals surface area contributed by atoms with Gasteiger partial charge in [0.2, 0.25) is 0 Å². The minimum Gasteiger partial charge on any atom is -0.456 e. The highest BCUT2D eigenvalue weighted by Gasteiger charge is 2.24. The van der Waals surface area contributed by atoms with Crippen LogP contribution in [0.15, 0.2) is 506 Å². The molecular weight excluding hydrogens is 1650 g/mol. The molecule has 6 heterocycles. The predicted molar refractivity (Wildman–Crippen MR) is 571 cm³/mol. The van der Waals surface area contributed by atoms with Crippen LogP contribution in [0.3, 0.4) is 0 Å². The van der Waals surface area contributed by atoms with Crippen LogP contribution in [0.4, 0.5) is 34.1 Å². The highest BCUT2D eigenvalue weighted by molar-refractivity contribution is 6.15. The number of benzene rings is 22. The molecule has 6 aromatic heterocycles. The van der Waals surface area contributed by atoms with Gasteiger partial charge in [0.05, 0.1) is 44.1 Å². The Kier molecular flexibility index (Phi) is 18.2. The van der Waals surface area contributed by atoms with Gasteiger partial charge in [-0.1, -0.05) is 273 Å². The van der Waals surface area contributed by atoms with Gasteiger partial charge >= 0.3 is 0 Å². The number of hydrogen-bond donors (Lipinski definition) is 0. The van der Waals surface area contributed by atoms with Crippen molar-refractivity contribution in [3.63, 3.8) is 0 Å². The molecule has 136 heavy (non-hydrogen) atoms. The van der Waals surface area contributed by atoms with Crippen molar-refractivity contribution in [2.45, 2.75) is 0 Å². The molecule has 0 radical (unpaired) electrons. The molecule has 0 saturated heterocycles. The largest absolute Gasteiger partial charge is 0.456 e. The number of rotatable bonds is 14.